The van der Waals surface area contributed by atoms with Gasteiger partial charge in [0.15, 0.2) is 0 Å². The van der Waals surface area contributed by atoms with Gasteiger partial charge in [0.1, 0.15) is 4.71 Å². The Hall–Kier alpha value is 0.0300. The summed E-state index contributed by atoms with van der Waals surface area (Å²) in [6, 6.07) is 4.25. The van der Waals surface area contributed by atoms with E-state index >= 15 is 0 Å². The van der Waals surface area contributed by atoms with Crippen molar-refractivity contribution in [3.63, 3.8) is 0 Å². The molecular formula is C12H18N2S3. The van der Waals surface area contributed by atoms with E-state index in [0.717, 1.165) is 4.90 Å². The summed E-state index contributed by atoms with van der Waals surface area (Å²) in [4.78, 5) is 4.81. The lowest BCUT2D eigenvalue weighted by Crippen LogP contribution is -2.43. The predicted molar refractivity (Wildman–Crippen MR) is 82.1 cm³/mol. The van der Waals surface area contributed by atoms with Crippen molar-refractivity contribution in [2.24, 2.45) is 5.14 Å². The van der Waals surface area contributed by atoms with E-state index in [1.165, 1.54) is 28.1 Å². The molecule has 5 heteroatoms. The van der Waals surface area contributed by atoms with Gasteiger partial charge in [-0.1, -0.05) is 11.8 Å². The third-order valence-corrected chi connectivity index (χ3v) is 5.14. The van der Waals surface area contributed by atoms with E-state index in [4.69, 9.17) is 5.14 Å². The van der Waals surface area contributed by atoms with Crippen molar-refractivity contribution in [1.29, 1.82) is 0 Å². The van der Waals surface area contributed by atoms with Crippen LogP contribution >= 0.6 is 36.3 Å². The number of rotatable bonds is 1. The maximum absolute atomic E-state index is 5.71. The number of thioether (sulfide) groups is 1. The summed E-state index contributed by atoms with van der Waals surface area (Å²) in [6.07, 6.45) is 0. The van der Waals surface area contributed by atoms with Crippen LogP contribution in [0, 0.1) is 6.92 Å². The average Bonchev–Trinajstić information content (AvgIpc) is 2.55. The molecule has 2 N–H and O–H groups in total. The molecule has 17 heavy (non-hydrogen) atoms. The van der Waals surface area contributed by atoms with Crippen LogP contribution in [0.25, 0.3) is 0 Å². The molecule has 2 rings (SSSR count). The highest BCUT2D eigenvalue weighted by molar-refractivity contribution is 8.11. The molecule has 1 atom stereocenters. The molecule has 0 radical (unpaired) electrons. The molecule has 0 fully saturated rings. The van der Waals surface area contributed by atoms with Crippen LogP contribution in [0.2, 0.25) is 0 Å². The smallest absolute Gasteiger partial charge is 0.124 e. The van der Waals surface area contributed by atoms with Gasteiger partial charge in [0.25, 0.3) is 0 Å². The second kappa shape index (κ2) is 4.61. The summed E-state index contributed by atoms with van der Waals surface area (Å²) in [5.74, 6) is 0. The Kier molecular flexibility index (Phi) is 3.65. The SMILES string of the molecule is Cc1c(SN)ccc2c1N(C(C)(C)C)C(S)S2. The van der Waals surface area contributed by atoms with Crippen LogP contribution in [0.15, 0.2) is 21.9 Å². The van der Waals surface area contributed by atoms with Crippen LogP contribution in [0.5, 0.6) is 0 Å². The zero-order valence-electron chi connectivity index (χ0n) is 10.5. The molecule has 1 aliphatic heterocycles. The van der Waals surface area contributed by atoms with Gasteiger partial charge in [-0.15, -0.1) is 12.6 Å². The molecule has 0 saturated heterocycles. The summed E-state index contributed by atoms with van der Waals surface area (Å²) in [7, 11) is 0. The van der Waals surface area contributed by atoms with Gasteiger partial charge in [-0.3, -0.25) is 5.14 Å². The Morgan fingerprint density at radius 2 is 2.06 bits per heavy atom. The third-order valence-electron chi connectivity index (χ3n) is 2.89. The van der Waals surface area contributed by atoms with E-state index in [0.29, 0.717) is 0 Å². The Morgan fingerprint density at radius 1 is 1.41 bits per heavy atom. The molecule has 1 heterocycles. The first kappa shape index (κ1) is 13.5. The van der Waals surface area contributed by atoms with Gasteiger partial charge < -0.3 is 4.90 Å². The van der Waals surface area contributed by atoms with Gasteiger partial charge in [-0.05, 0) is 57.3 Å². The van der Waals surface area contributed by atoms with Crippen LogP contribution in [-0.2, 0) is 0 Å². The highest BCUT2D eigenvalue weighted by Gasteiger charge is 2.36. The molecule has 1 aliphatic rings. The molecule has 0 aromatic heterocycles. The Labute approximate surface area is 117 Å². The lowest BCUT2D eigenvalue weighted by atomic mass is 10.0. The van der Waals surface area contributed by atoms with Crippen LogP contribution in [-0.4, -0.2) is 10.2 Å². The number of hydrogen-bond donors (Lipinski definition) is 2. The maximum atomic E-state index is 5.71. The minimum atomic E-state index is 0.0628. The summed E-state index contributed by atoms with van der Waals surface area (Å²) in [6.45, 7) is 8.79. The Balaban J connectivity index is 2.58. The highest BCUT2D eigenvalue weighted by atomic mass is 32.2. The summed E-state index contributed by atoms with van der Waals surface area (Å²) < 4.78 is 0.182. The van der Waals surface area contributed by atoms with Gasteiger partial charge in [-0.25, -0.2) is 0 Å². The van der Waals surface area contributed by atoms with Gasteiger partial charge in [0, 0.05) is 15.3 Å². The largest absolute Gasteiger partial charge is 0.345 e. The van der Waals surface area contributed by atoms with Crippen molar-refractivity contribution >= 4 is 42.0 Å². The molecule has 1 aromatic rings. The fraction of sp³-hybridized carbons (Fsp3) is 0.500. The van der Waals surface area contributed by atoms with Crippen molar-refractivity contribution in [3.05, 3.63) is 17.7 Å². The Bertz CT molecular complexity index is 440. The topological polar surface area (TPSA) is 29.3 Å². The number of benzene rings is 1. The molecule has 0 amide bonds. The lowest BCUT2D eigenvalue weighted by molar-refractivity contribution is 0.525. The highest BCUT2D eigenvalue weighted by Crippen LogP contribution is 2.51. The molecule has 0 aliphatic carbocycles. The molecule has 0 spiro atoms. The number of nitrogens with two attached hydrogens (primary N) is 1. The molecule has 0 bridgehead atoms. The molecular weight excluding hydrogens is 268 g/mol. The minimum absolute atomic E-state index is 0.0628. The van der Waals surface area contributed by atoms with Crippen molar-refractivity contribution in [3.8, 4) is 0 Å². The van der Waals surface area contributed by atoms with Crippen LogP contribution in [0.4, 0.5) is 5.69 Å². The van der Waals surface area contributed by atoms with E-state index in [2.05, 4.69) is 57.4 Å². The normalized spacial score (nSPS) is 19.6. The van der Waals surface area contributed by atoms with Crippen LogP contribution in [0.3, 0.4) is 0 Å². The van der Waals surface area contributed by atoms with Crippen molar-refractivity contribution in [2.75, 3.05) is 4.90 Å². The lowest BCUT2D eigenvalue weighted by Gasteiger charge is -2.37. The first-order chi connectivity index (χ1) is 7.86. The van der Waals surface area contributed by atoms with Gasteiger partial charge >= 0.3 is 0 Å². The van der Waals surface area contributed by atoms with Crippen molar-refractivity contribution in [2.45, 2.75) is 47.7 Å². The van der Waals surface area contributed by atoms with Gasteiger partial charge in [0.2, 0.25) is 0 Å². The van der Waals surface area contributed by atoms with E-state index in [9.17, 15) is 0 Å². The monoisotopic (exact) mass is 286 g/mol. The molecule has 1 aromatic carbocycles. The van der Waals surface area contributed by atoms with Gasteiger partial charge in [-0.2, -0.15) is 0 Å². The predicted octanol–water partition coefficient (Wildman–Crippen LogP) is 3.88. The number of fused-ring (bicyclic) bond motifs is 1. The van der Waals surface area contributed by atoms with E-state index in [1.807, 2.05) is 0 Å². The van der Waals surface area contributed by atoms with E-state index in [-0.39, 0.29) is 10.2 Å². The third kappa shape index (κ3) is 2.30. The molecule has 1 unspecified atom stereocenters. The van der Waals surface area contributed by atoms with E-state index in [1.54, 1.807) is 11.8 Å². The number of nitrogens with zero attached hydrogens (tertiary/aromatic N) is 1. The second-order valence-corrected chi connectivity index (χ2v) is 7.77. The molecule has 94 valence electrons. The van der Waals surface area contributed by atoms with Crippen LogP contribution in [0.1, 0.15) is 26.3 Å². The maximum Gasteiger partial charge on any atom is 0.124 e. The minimum Gasteiger partial charge on any atom is -0.345 e. The van der Waals surface area contributed by atoms with Gasteiger partial charge in [0.05, 0.1) is 5.69 Å². The quantitative estimate of drug-likeness (QED) is 0.605. The van der Waals surface area contributed by atoms with Crippen molar-refractivity contribution in [1.82, 2.24) is 0 Å². The number of anilines is 1. The summed E-state index contributed by atoms with van der Waals surface area (Å²) >= 11 is 7.80. The summed E-state index contributed by atoms with van der Waals surface area (Å²) in [5, 5.41) is 5.71. The molecule has 2 nitrogen and oxygen atoms in total. The van der Waals surface area contributed by atoms with E-state index < -0.39 is 0 Å². The Morgan fingerprint density at radius 3 is 2.59 bits per heavy atom. The molecule has 0 saturated carbocycles. The zero-order chi connectivity index (χ0) is 12.8. The average molecular weight is 286 g/mol. The number of thiol groups is 1. The zero-order valence-corrected chi connectivity index (χ0v) is 13.0. The van der Waals surface area contributed by atoms with Crippen LogP contribution < -0.4 is 10.0 Å². The fourth-order valence-corrected chi connectivity index (χ4v) is 4.61. The summed E-state index contributed by atoms with van der Waals surface area (Å²) in [5.41, 5.74) is 2.61. The number of hydrogen-bond acceptors (Lipinski definition) is 5. The second-order valence-electron chi connectivity index (χ2n) is 5.14. The standard InChI is InChI=1S/C12H18N2S3/c1-7-8(17-13)5-6-9-10(7)14(11(15)16-9)12(2,3)4/h5-6,11,15H,13H2,1-4H3. The van der Waals surface area contributed by atoms with Crippen molar-refractivity contribution < 1.29 is 0 Å². The first-order valence-corrected chi connectivity index (χ1v) is 7.78. The fourth-order valence-electron chi connectivity index (χ4n) is 2.12. The first-order valence-electron chi connectivity index (χ1n) is 5.50.